The molecule has 0 fully saturated rings. The summed E-state index contributed by atoms with van der Waals surface area (Å²) >= 11 is 0. The minimum absolute atomic E-state index is 0.141. The fraction of sp³-hybridized carbons (Fsp3) is 0.478. The average Bonchev–Trinajstić information content (AvgIpc) is 2.67. The predicted molar refractivity (Wildman–Crippen MR) is 111 cm³/mol. The zero-order valence-electron chi connectivity index (χ0n) is 16.9. The molecule has 0 aliphatic rings. The molecule has 0 saturated heterocycles. The standard InChI is InChI=1S/C23H33NO3/c1-4-13-24(14-5-2)15-11-20-17-21(25)23(26-3)22(18-20)27-16-12-19-9-7-6-8-10-19/h6-10,17-18,25H,4-5,11-16H2,1-3H3. The number of rotatable bonds is 12. The molecule has 1 N–H and O–H groups in total. The van der Waals surface area contributed by atoms with E-state index in [9.17, 15) is 5.11 Å². The summed E-state index contributed by atoms with van der Waals surface area (Å²) in [5.41, 5.74) is 2.30. The van der Waals surface area contributed by atoms with Crippen molar-refractivity contribution in [1.29, 1.82) is 0 Å². The Morgan fingerprint density at radius 1 is 0.889 bits per heavy atom. The lowest BCUT2D eigenvalue weighted by atomic mass is 10.1. The molecule has 0 atom stereocenters. The van der Waals surface area contributed by atoms with Crippen LogP contribution in [0.15, 0.2) is 42.5 Å². The highest BCUT2D eigenvalue weighted by molar-refractivity contribution is 5.53. The lowest BCUT2D eigenvalue weighted by Gasteiger charge is -2.21. The van der Waals surface area contributed by atoms with Gasteiger partial charge in [0.2, 0.25) is 5.75 Å². The first-order chi connectivity index (χ1) is 13.2. The van der Waals surface area contributed by atoms with Gasteiger partial charge in [-0.15, -0.1) is 0 Å². The lowest BCUT2D eigenvalue weighted by molar-refractivity contribution is 0.276. The molecule has 0 radical (unpaired) electrons. The smallest absolute Gasteiger partial charge is 0.203 e. The summed E-state index contributed by atoms with van der Waals surface area (Å²) in [4.78, 5) is 2.47. The van der Waals surface area contributed by atoms with Gasteiger partial charge in [0.15, 0.2) is 11.5 Å². The number of nitrogens with zero attached hydrogens (tertiary/aromatic N) is 1. The second kappa shape index (κ2) is 11.5. The molecule has 0 aliphatic heterocycles. The van der Waals surface area contributed by atoms with E-state index in [1.54, 1.807) is 13.2 Å². The van der Waals surface area contributed by atoms with Crippen molar-refractivity contribution < 1.29 is 14.6 Å². The molecule has 2 aromatic carbocycles. The summed E-state index contributed by atoms with van der Waals surface area (Å²) in [6, 6.07) is 14.0. The molecular weight excluding hydrogens is 338 g/mol. The second-order valence-corrected chi connectivity index (χ2v) is 6.82. The maximum Gasteiger partial charge on any atom is 0.203 e. The number of benzene rings is 2. The van der Waals surface area contributed by atoms with Crippen LogP contribution in [-0.4, -0.2) is 43.4 Å². The van der Waals surface area contributed by atoms with Crippen LogP contribution in [0.5, 0.6) is 17.2 Å². The summed E-state index contributed by atoms with van der Waals surface area (Å²) in [5, 5.41) is 10.3. The third-order valence-electron chi connectivity index (χ3n) is 4.59. The van der Waals surface area contributed by atoms with Crippen molar-refractivity contribution in [3.8, 4) is 17.2 Å². The maximum absolute atomic E-state index is 10.3. The molecule has 0 spiro atoms. The van der Waals surface area contributed by atoms with Crippen molar-refractivity contribution in [2.24, 2.45) is 0 Å². The first kappa shape index (κ1) is 21.1. The molecule has 0 heterocycles. The van der Waals surface area contributed by atoms with Gasteiger partial charge in [0, 0.05) is 13.0 Å². The summed E-state index contributed by atoms with van der Waals surface area (Å²) in [5.74, 6) is 1.16. The minimum atomic E-state index is 0.141. The van der Waals surface area contributed by atoms with Gasteiger partial charge in [-0.2, -0.15) is 0 Å². The van der Waals surface area contributed by atoms with Gasteiger partial charge in [0.05, 0.1) is 13.7 Å². The summed E-state index contributed by atoms with van der Waals surface area (Å²) in [7, 11) is 1.56. The number of aromatic hydroxyl groups is 1. The van der Waals surface area contributed by atoms with Crippen LogP contribution >= 0.6 is 0 Å². The summed E-state index contributed by atoms with van der Waals surface area (Å²) < 4.78 is 11.3. The van der Waals surface area contributed by atoms with Gasteiger partial charge in [-0.3, -0.25) is 0 Å². The zero-order valence-corrected chi connectivity index (χ0v) is 16.9. The molecule has 2 rings (SSSR count). The third-order valence-corrected chi connectivity index (χ3v) is 4.59. The van der Waals surface area contributed by atoms with Crippen LogP contribution in [0.1, 0.15) is 37.8 Å². The van der Waals surface area contributed by atoms with Gasteiger partial charge in [0.1, 0.15) is 0 Å². The Morgan fingerprint density at radius 2 is 1.59 bits per heavy atom. The van der Waals surface area contributed by atoms with Gasteiger partial charge < -0.3 is 19.5 Å². The molecule has 0 aliphatic carbocycles. The number of phenolic OH excluding ortho intramolecular Hbond substituents is 1. The van der Waals surface area contributed by atoms with Crippen LogP contribution in [0, 0.1) is 0 Å². The molecule has 2 aromatic rings. The summed E-state index contributed by atoms with van der Waals surface area (Å²) in [6.07, 6.45) is 4.01. The number of phenols is 1. The van der Waals surface area contributed by atoms with Crippen LogP contribution in [0.3, 0.4) is 0 Å². The van der Waals surface area contributed by atoms with Crippen molar-refractivity contribution >= 4 is 0 Å². The van der Waals surface area contributed by atoms with Crippen LogP contribution in [0.25, 0.3) is 0 Å². The number of hydrogen-bond donors (Lipinski definition) is 1. The fourth-order valence-corrected chi connectivity index (χ4v) is 3.28. The molecule has 27 heavy (non-hydrogen) atoms. The topological polar surface area (TPSA) is 41.9 Å². The van der Waals surface area contributed by atoms with Crippen molar-refractivity contribution in [3.63, 3.8) is 0 Å². The largest absolute Gasteiger partial charge is 0.504 e. The highest BCUT2D eigenvalue weighted by Crippen LogP contribution is 2.38. The van der Waals surface area contributed by atoms with E-state index in [0.717, 1.165) is 50.9 Å². The second-order valence-electron chi connectivity index (χ2n) is 6.82. The Hall–Kier alpha value is -2.20. The van der Waals surface area contributed by atoms with Gasteiger partial charge >= 0.3 is 0 Å². The quantitative estimate of drug-likeness (QED) is 0.588. The number of hydrogen-bond acceptors (Lipinski definition) is 4. The van der Waals surface area contributed by atoms with Crippen LogP contribution < -0.4 is 9.47 Å². The highest BCUT2D eigenvalue weighted by atomic mass is 16.5. The highest BCUT2D eigenvalue weighted by Gasteiger charge is 2.13. The zero-order chi connectivity index (χ0) is 19.5. The van der Waals surface area contributed by atoms with Crippen molar-refractivity contribution in [1.82, 2.24) is 4.90 Å². The van der Waals surface area contributed by atoms with E-state index in [1.165, 1.54) is 5.56 Å². The normalized spacial score (nSPS) is 11.0. The SMILES string of the molecule is CCCN(CCC)CCc1cc(O)c(OC)c(OCCc2ccccc2)c1. The molecule has 0 saturated carbocycles. The Kier molecular flexibility index (Phi) is 8.99. The number of ether oxygens (including phenoxy) is 2. The predicted octanol–water partition coefficient (Wildman–Crippen LogP) is 4.69. The van der Waals surface area contributed by atoms with E-state index in [0.29, 0.717) is 18.1 Å². The molecule has 0 unspecified atom stereocenters. The molecular formula is C23H33NO3. The molecule has 0 amide bonds. The molecule has 4 nitrogen and oxygen atoms in total. The molecule has 4 heteroatoms. The van der Waals surface area contributed by atoms with Crippen LogP contribution in [0.4, 0.5) is 0 Å². The first-order valence-corrected chi connectivity index (χ1v) is 9.96. The average molecular weight is 372 g/mol. The Labute approximate surface area is 163 Å². The van der Waals surface area contributed by atoms with E-state index in [2.05, 4.69) is 30.9 Å². The van der Waals surface area contributed by atoms with Gasteiger partial charge in [-0.05, 0) is 55.6 Å². The Morgan fingerprint density at radius 3 is 2.22 bits per heavy atom. The van der Waals surface area contributed by atoms with Crippen LogP contribution in [0.2, 0.25) is 0 Å². The van der Waals surface area contributed by atoms with Crippen molar-refractivity contribution in [2.75, 3.05) is 33.4 Å². The van der Waals surface area contributed by atoms with E-state index < -0.39 is 0 Å². The Balaban J connectivity index is 2.02. The molecule has 148 valence electrons. The van der Waals surface area contributed by atoms with E-state index in [4.69, 9.17) is 9.47 Å². The van der Waals surface area contributed by atoms with Gasteiger partial charge in [-0.1, -0.05) is 44.2 Å². The minimum Gasteiger partial charge on any atom is -0.504 e. The van der Waals surface area contributed by atoms with Crippen LogP contribution in [-0.2, 0) is 12.8 Å². The van der Waals surface area contributed by atoms with Gasteiger partial charge in [0.25, 0.3) is 0 Å². The van der Waals surface area contributed by atoms with E-state index >= 15 is 0 Å². The molecule has 0 aromatic heterocycles. The maximum atomic E-state index is 10.3. The molecule has 0 bridgehead atoms. The van der Waals surface area contributed by atoms with Gasteiger partial charge in [-0.25, -0.2) is 0 Å². The fourth-order valence-electron chi connectivity index (χ4n) is 3.28. The third kappa shape index (κ3) is 6.79. The van der Waals surface area contributed by atoms with Crippen molar-refractivity contribution in [3.05, 3.63) is 53.6 Å². The first-order valence-electron chi connectivity index (χ1n) is 9.96. The van der Waals surface area contributed by atoms with E-state index in [1.807, 2.05) is 24.3 Å². The lowest BCUT2D eigenvalue weighted by Crippen LogP contribution is -2.27. The monoisotopic (exact) mass is 371 g/mol. The number of methoxy groups -OCH3 is 1. The Bertz CT molecular complexity index is 667. The summed E-state index contributed by atoms with van der Waals surface area (Å²) in [6.45, 7) is 8.16. The van der Waals surface area contributed by atoms with E-state index in [-0.39, 0.29) is 5.75 Å². The van der Waals surface area contributed by atoms with Crippen molar-refractivity contribution in [2.45, 2.75) is 39.5 Å².